The maximum atomic E-state index is 12.1. The number of halogens is 2. The molecule has 0 amide bonds. The molecular weight excluding hydrogens is 261 g/mol. The molecule has 0 atom stereocenters. The summed E-state index contributed by atoms with van der Waals surface area (Å²) < 4.78 is 1.44. The minimum Gasteiger partial charge on any atom is -0.383 e. The maximum absolute atomic E-state index is 12.1. The van der Waals surface area contributed by atoms with Gasteiger partial charge in [-0.1, -0.05) is 23.2 Å². The summed E-state index contributed by atoms with van der Waals surface area (Å²) in [6, 6.07) is 4.69. The smallest absolute Gasteiger partial charge is 0.198 e. The van der Waals surface area contributed by atoms with Crippen molar-refractivity contribution >= 4 is 34.8 Å². The van der Waals surface area contributed by atoms with Gasteiger partial charge in [0.15, 0.2) is 5.78 Å². The standard InChI is InChI=1S/C11H9Cl2N3O/c1-16-11(14)7(5-15-16)10(17)6-2-3-8(12)9(13)4-6/h2-5H,14H2,1H3. The Labute approximate surface area is 108 Å². The van der Waals surface area contributed by atoms with Crippen LogP contribution in [0.2, 0.25) is 10.0 Å². The number of hydrogen-bond acceptors (Lipinski definition) is 3. The summed E-state index contributed by atoms with van der Waals surface area (Å²) in [5.74, 6) is 0.0928. The van der Waals surface area contributed by atoms with Crippen molar-refractivity contribution in [1.82, 2.24) is 9.78 Å². The molecule has 88 valence electrons. The Morgan fingerprint density at radius 1 is 1.35 bits per heavy atom. The van der Waals surface area contributed by atoms with Crippen molar-refractivity contribution in [2.45, 2.75) is 0 Å². The van der Waals surface area contributed by atoms with Gasteiger partial charge in [0.25, 0.3) is 0 Å². The summed E-state index contributed by atoms with van der Waals surface area (Å²) >= 11 is 11.6. The van der Waals surface area contributed by atoms with Gasteiger partial charge < -0.3 is 5.73 Å². The van der Waals surface area contributed by atoms with E-state index >= 15 is 0 Å². The van der Waals surface area contributed by atoms with Crippen LogP contribution in [-0.2, 0) is 7.05 Å². The number of carbonyl (C=O) groups excluding carboxylic acids is 1. The van der Waals surface area contributed by atoms with Crippen molar-refractivity contribution in [3.05, 3.63) is 45.6 Å². The molecule has 0 aliphatic rings. The van der Waals surface area contributed by atoms with E-state index in [1.807, 2.05) is 0 Å². The normalized spacial score (nSPS) is 10.5. The summed E-state index contributed by atoms with van der Waals surface area (Å²) in [6.45, 7) is 0. The molecule has 0 spiro atoms. The molecule has 1 aromatic carbocycles. The molecule has 0 saturated heterocycles. The number of aryl methyl sites for hydroxylation is 1. The molecule has 0 radical (unpaired) electrons. The molecule has 1 aromatic heterocycles. The first-order valence-corrected chi connectivity index (χ1v) is 5.53. The van der Waals surface area contributed by atoms with Gasteiger partial charge >= 0.3 is 0 Å². The number of anilines is 1. The van der Waals surface area contributed by atoms with E-state index in [0.717, 1.165) is 0 Å². The molecule has 4 nitrogen and oxygen atoms in total. The number of nitrogen functional groups attached to an aromatic ring is 1. The lowest BCUT2D eigenvalue weighted by Crippen LogP contribution is -2.06. The van der Waals surface area contributed by atoms with E-state index in [1.165, 1.54) is 16.9 Å². The minimum absolute atomic E-state index is 0.228. The van der Waals surface area contributed by atoms with Crippen LogP contribution in [0.1, 0.15) is 15.9 Å². The number of hydrogen-bond donors (Lipinski definition) is 1. The van der Waals surface area contributed by atoms with Gasteiger partial charge in [0, 0.05) is 12.6 Å². The Balaban J connectivity index is 2.44. The van der Waals surface area contributed by atoms with Crippen molar-refractivity contribution in [1.29, 1.82) is 0 Å². The van der Waals surface area contributed by atoms with Crippen LogP contribution in [0, 0.1) is 0 Å². The maximum Gasteiger partial charge on any atom is 0.198 e. The van der Waals surface area contributed by atoms with Crippen LogP contribution in [0.3, 0.4) is 0 Å². The van der Waals surface area contributed by atoms with Gasteiger partial charge in [-0.15, -0.1) is 0 Å². The van der Waals surface area contributed by atoms with Crippen LogP contribution < -0.4 is 5.73 Å². The highest BCUT2D eigenvalue weighted by atomic mass is 35.5. The molecule has 0 aliphatic heterocycles. The molecule has 0 unspecified atom stereocenters. The molecule has 0 aliphatic carbocycles. The molecule has 6 heteroatoms. The fraction of sp³-hybridized carbons (Fsp3) is 0.0909. The summed E-state index contributed by atoms with van der Waals surface area (Å²) in [5.41, 5.74) is 6.51. The number of rotatable bonds is 2. The zero-order valence-corrected chi connectivity index (χ0v) is 10.5. The van der Waals surface area contributed by atoms with Gasteiger partial charge in [0.2, 0.25) is 0 Å². The lowest BCUT2D eigenvalue weighted by molar-refractivity contribution is 0.103. The Bertz CT molecular complexity index is 592. The van der Waals surface area contributed by atoms with E-state index in [-0.39, 0.29) is 5.78 Å². The SMILES string of the molecule is Cn1ncc(C(=O)c2ccc(Cl)c(Cl)c2)c1N. The van der Waals surface area contributed by atoms with Crippen LogP contribution >= 0.6 is 23.2 Å². The van der Waals surface area contributed by atoms with Crippen LogP contribution in [0.4, 0.5) is 5.82 Å². The summed E-state index contributed by atoms with van der Waals surface area (Å²) in [4.78, 5) is 12.1. The third-order valence-electron chi connectivity index (χ3n) is 2.41. The van der Waals surface area contributed by atoms with E-state index in [1.54, 1.807) is 19.2 Å². The Hall–Kier alpha value is -1.52. The van der Waals surface area contributed by atoms with Crippen molar-refractivity contribution in [2.24, 2.45) is 7.05 Å². The fourth-order valence-corrected chi connectivity index (χ4v) is 1.71. The predicted molar refractivity (Wildman–Crippen MR) is 67.5 cm³/mol. The number of nitrogens with two attached hydrogens (primary N) is 1. The lowest BCUT2D eigenvalue weighted by Gasteiger charge is -2.02. The Morgan fingerprint density at radius 3 is 2.59 bits per heavy atom. The van der Waals surface area contributed by atoms with Crippen LogP contribution in [0.25, 0.3) is 0 Å². The molecule has 0 fully saturated rings. The van der Waals surface area contributed by atoms with Gasteiger partial charge in [-0.2, -0.15) is 5.10 Å². The van der Waals surface area contributed by atoms with E-state index in [2.05, 4.69) is 5.10 Å². The van der Waals surface area contributed by atoms with E-state index in [4.69, 9.17) is 28.9 Å². The monoisotopic (exact) mass is 269 g/mol. The summed E-state index contributed by atoms with van der Waals surface area (Å²) in [6.07, 6.45) is 1.43. The zero-order valence-electron chi connectivity index (χ0n) is 8.95. The number of benzene rings is 1. The second kappa shape index (κ2) is 4.39. The summed E-state index contributed by atoms with van der Waals surface area (Å²) in [5, 5.41) is 4.65. The third kappa shape index (κ3) is 2.14. The fourth-order valence-electron chi connectivity index (χ4n) is 1.41. The van der Waals surface area contributed by atoms with Gasteiger partial charge in [0.05, 0.1) is 21.8 Å². The molecule has 0 bridgehead atoms. The number of nitrogens with zero attached hydrogens (tertiary/aromatic N) is 2. The first-order valence-electron chi connectivity index (χ1n) is 4.78. The zero-order chi connectivity index (χ0) is 12.6. The van der Waals surface area contributed by atoms with Crippen molar-refractivity contribution in [3.63, 3.8) is 0 Å². The average Bonchev–Trinajstić information content (AvgIpc) is 2.63. The molecule has 2 N–H and O–H groups in total. The van der Waals surface area contributed by atoms with Gasteiger partial charge in [-0.25, -0.2) is 0 Å². The lowest BCUT2D eigenvalue weighted by atomic mass is 10.1. The van der Waals surface area contributed by atoms with Crippen LogP contribution in [0.5, 0.6) is 0 Å². The van der Waals surface area contributed by atoms with Gasteiger partial charge in [-0.05, 0) is 18.2 Å². The third-order valence-corrected chi connectivity index (χ3v) is 3.15. The summed E-state index contributed by atoms with van der Waals surface area (Å²) in [7, 11) is 1.67. The number of ketones is 1. The quantitative estimate of drug-likeness (QED) is 0.853. The first-order chi connectivity index (χ1) is 8.00. The van der Waals surface area contributed by atoms with Gasteiger partial charge in [0.1, 0.15) is 5.82 Å². The van der Waals surface area contributed by atoms with Gasteiger partial charge in [-0.3, -0.25) is 9.48 Å². The number of aromatic nitrogens is 2. The van der Waals surface area contributed by atoms with Crippen molar-refractivity contribution in [3.8, 4) is 0 Å². The Kier molecular flexibility index (Phi) is 3.09. The predicted octanol–water partition coefficient (Wildman–Crippen LogP) is 2.54. The molecular formula is C11H9Cl2N3O. The molecule has 1 heterocycles. The van der Waals surface area contributed by atoms with Crippen molar-refractivity contribution in [2.75, 3.05) is 5.73 Å². The van der Waals surface area contributed by atoms with E-state index < -0.39 is 0 Å². The van der Waals surface area contributed by atoms with E-state index in [9.17, 15) is 4.79 Å². The highest BCUT2D eigenvalue weighted by Gasteiger charge is 2.16. The molecule has 17 heavy (non-hydrogen) atoms. The highest BCUT2D eigenvalue weighted by molar-refractivity contribution is 6.42. The van der Waals surface area contributed by atoms with Crippen molar-refractivity contribution < 1.29 is 4.79 Å². The number of carbonyl (C=O) groups is 1. The molecule has 0 saturated carbocycles. The highest BCUT2D eigenvalue weighted by Crippen LogP contribution is 2.24. The largest absolute Gasteiger partial charge is 0.383 e. The van der Waals surface area contributed by atoms with Crippen LogP contribution in [0.15, 0.2) is 24.4 Å². The minimum atomic E-state index is -0.228. The second-order valence-electron chi connectivity index (χ2n) is 3.53. The Morgan fingerprint density at radius 2 is 2.06 bits per heavy atom. The van der Waals surface area contributed by atoms with Crippen LogP contribution in [-0.4, -0.2) is 15.6 Å². The van der Waals surface area contributed by atoms with E-state index in [0.29, 0.717) is 27.0 Å². The first kappa shape index (κ1) is 12.0. The second-order valence-corrected chi connectivity index (χ2v) is 4.34. The topological polar surface area (TPSA) is 60.9 Å². The molecule has 2 aromatic rings. The average molecular weight is 270 g/mol. The molecule has 2 rings (SSSR count).